The van der Waals surface area contributed by atoms with Gasteiger partial charge in [0.2, 0.25) is 0 Å². The molecular formula is C11H15N3O2S. The molecule has 0 spiro atoms. The smallest absolute Gasteiger partial charge is 0.303 e. The summed E-state index contributed by atoms with van der Waals surface area (Å²) in [6.07, 6.45) is 0.965. The summed E-state index contributed by atoms with van der Waals surface area (Å²) in [5.74, 6) is 0. The van der Waals surface area contributed by atoms with E-state index < -0.39 is 10.2 Å². The van der Waals surface area contributed by atoms with E-state index in [2.05, 4.69) is 5.32 Å². The molecule has 0 aliphatic carbocycles. The van der Waals surface area contributed by atoms with Crippen LogP contribution in [0.25, 0.3) is 0 Å². The monoisotopic (exact) mass is 253 g/mol. The molecule has 17 heavy (non-hydrogen) atoms. The molecule has 0 radical (unpaired) electrons. The molecule has 2 heterocycles. The fourth-order valence-electron chi connectivity index (χ4n) is 2.34. The first-order valence-corrected chi connectivity index (χ1v) is 7.09. The summed E-state index contributed by atoms with van der Waals surface area (Å²) in [4.78, 5) is 0. The summed E-state index contributed by atoms with van der Waals surface area (Å²) in [7, 11) is -1.67. The Morgan fingerprint density at radius 2 is 2.12 bits per heavy atom. The normalized spacial score (nSPS) is 22.5. The minimum absolute atomic E-state index is 0.533. The number of benzene rings is 1. The zero-order valence-electron chi connectivity index (χ0n) is 9.68. The minimum atomic E-state index is -3.29. The molecule has 5 nitrogen and oxygen atoms in total. The second-order valence-corrected chi connectivity index (χ2v) is 6.38. The van der Waals surface area contributed by atoms with Crippen LogP contribution in [0.4, 0.5) is 11.4 Å². The molecule has 0 aromatic heterocycles. The predicted octanol–water partition coefficient (Wildman–Crippen LogP) is 0.651. The topological polar surface area (TPSA) is 52.6 Å². The number of anilines is 2. The second-order valence-electron chi connectivity index (χ2n) is 4.42. The average molecular weight is 253 g/mol. The maximum atomic E-state index is 12.0. The van der Waals surface area contributed by atoms with Crippen LogP contribution in [0.5, 0.6) is 0 Å². The van der Waals surface area contributed by atoms with Gasteiger partial charge in [-0.05, 0) is 30.2 Å². The molecule has 0 saturated carbocycles. The van der Waals surface area contributed by atoms with E-state index in [1.165, 1.54) is 14.2 Å². The molecule has 3 rings (SSSR count). The lowest BCUT2D eigenvalue weighted by molar-refractivity contribution is 0.511. The van der Waals surface area contributed by atoms with Crippen molar-refractivity contribution in [2.24, 2.45) is 0 Å². The van der Waals surface area contributed by atoms with Gasteiger partial charge in [0.05, 0.1) is 5.69 Å². The van der Waals surface area contributed by atoms with Gasteiger partial charge in [-0.2, -0.15) is 12.7 Å². The Balaban J connectivity index is 2.01. The van der Waals surface area contributed by atoms with Crippen LogP contribution >= 0.6 is 0 Å². The maximum Gasteiger partial charge on any atom is 0.303 e. The molecule has 0 amide bonds. The molecule has 92 valence electrons. The second kappa shape index (κ2) is 3.61. The Kier molecular flexibility index (Phi) is 2.31. The van der Waals surface area contributed by atoms with E-state index in [0.717, 1.165) is 24.3 Å². The van der Waals surface area contributed by atoms with Gasteiger partial charge in [0, 0.05) is 32.4 Å². The van der Waals surface area contributed by atoms with Crippen LogP contribution in [-0.2, 0) is 16.6 Å². The molecule has 6 heteroatoms. The summed E-state index contributed by atoms with van der Waals surface area (Å²) >= 11 is 0. The van der Waals surface area contributed by atoms with E-state index in [0.29, 0.717) is 13.1 Å². The number of nitrogens with zero attached hydrogens (tertiary/aromatic N) is 2. The van der Waals surface area contributed by atoms with Gasteiger partial charge in [-0.1, -0.05) is 0 Å². The van der Waals surface area contributed by atoms with Gasteiger partial charge in [0.1, 0.15) is 0 Å². The standard InChI is InChI=1S/C11H15N3O2S/c1-13-6-7-14(17(13,15)16)10-2-3-11-9(8-10)4-5-12-11/h2-3,8,12H,4-7H2,1H3. The lowest BCUT2D eigenvalue weighted by Gasteiger charge is -2.18. The lowest BCUT2D eigenvalue weighted by Crippen LogP contribution is -2.30. The van der Waals surface area contributed by atoms with E-state index in [4.69, 9.17) is 0 Å². The van der Waals surface area contributed by atoms with Crippen molar-refractivity contribution < 1.29 is 8.42 Å². The van der Waals surface area contributed by atoms with Crippen LogP contribution in [0.15, 0.2) is 18.2 Å². The maximum absolute atomic E-state index is 12.0. The summed E-state index contributed by atoms with van der Waals surface area (Å²) in [6, 6.07) is 5.81. The molecular weight excluding hydrogens is 238 g/mol. The fraction of sp³-hybridized carbons (Fsp3) is 0.455. The molecule has 1 N–H and O–H groups in total. The summed E-state index contributed by atoms with van der Waals surface area (Å²) in [6.45, 7) is 2.02. The zero-order valence-corrected chi connectivity index (χ0v) is 10.5. The molecule has 1 fully saturated rings. The molecule has 1 aromatic rings. The van der Waals surface area contributed by atoms with Crippen LogP contribution in [0.2, 0.25) is 0 Å². The third-order valence-corrected chi connectivity index (χ3v) is 5.30. The Morgan fingerprint density at radius 3 is 2.82 bits per heavy atom. The quantitative estimate of drug-likeness (QED) is 0.799. The van der Waals surface area contributed by atoms with Crippen molar-refractivity contribution in [2.45, 2.75) is 6.42 Å². The van der Waals surface area contributed by atoms with Crippen molar-refractivity contribution in [3.63, 3.8) is 0 Å². The van der Waals surface area contributed by atoms with E-state index in [1.54, 1.807) is 7.05 Å². The van der Waals surface area contributed by atoms with Gasteiger partial charge in [-0.3, -0.25) is 4.31 Å². The van der Waals surface area contributed by atoms with E-state index in [1.807, 2.05) is 18.2 Å². The Morgan fingerprint density at radius 1 is 1.29 bits per heavy atom. The number of hydrogen-bond donors (Lipinski definition) is 1. The molecule has 0 unspecified atom stereocenters. The molecule has 2 aliphatic rings. The lowest BCUT2D eigenvalue weighted by atomic mass is 10.1. The number of likely N-dealkylation sites (N-methyl/N-ethyl adjacent to an activating group) is 1. The van der Waals surface area contributed by atoms with Gasteiger partial charge >= 0.3 is 10.2 Å². The zero-order chi connectivity index (χ0) is 12.0. The van der Waals surface area contributed by atoms with Gasteiger partial charge in [0.15, 0.2) is 0 Å². The molecule has 0 bridgehead atoms. The Labute approximate surface area is 101 Å². The minimum Gasteiger partial charge on any atom is -0.384 e. The largest absolute Gasteiger partial charge is 0.384 e. The van der Waals surface area contributed by atoms with Crippen molar-refractivity contribution in [2.75, 3.05) is 36.3 Å². The Hall–Kier alpha value is -1.27. The molecule has 2 aliphatic heterocycles. The third-order valence-electron chi connectivity index (χ3n) is 3.38. The van der Waals surface area contributed by atoms with Crippen LogP contribution in [0, 0.1) is 0 Å². The van der Waals surface area contributed by atoms with E-state index >= 15 is 0 Å². The van der Waals surface area contributed by atoms with E-state index in [-0.39, 0.29) is 0 Å². The SMILES string of the molecule is CN1CCN(c2ccc3c(c2)CCN3)S1(=O)=O. The van der Waals surface area contributed by atoms with Crippen LogP contribution in [0.3, 0.4) is 0 Å². The fourth-order valence-corrected chi connectivity index (χ4v) is 3.68. The van der Waals surface area contributed by atoms with Crippen molar-refractivity contribution in [3.05, 3.63) is 23.8 Å². The highest BCUT2D eigenvalue weighted by atomic mass is 32.2. The average Bonchev–Trinajstić information content (AvgIpc) is 2.84. The molecule has 0 atom stereocenters. The van der Waals surface area contributed by atoms with Gasteiger partial charge in [0.25, 0.3) is 0 Å². The highest BCUT2D eigenvalue weighted by Gasteiger charge is 2.34. The number of fused-ring (bicyclic) bond motifs is 1. The van der Waals surface area contributed by atoms with Crippen molar-refractivity contribution in [1.29, 1.82) is 0 Å². The van der Waals surface area contributed by atoms with E-state index in [9.17, 15) is 8.42 Å². The van der Waals surface area contributed by atoms with Crippen molar-refractivity contribution in [1.82, 2.24) is 4.31 Å². The summed E-state index contributed by atoms with van der Waals surface area (Å²) in [5, 5.41) is 3.27. The van der Waals surface area contributed by atoms with Crippen LogP contribution in [0.1, 0.15) is 5.56 Å². The number of hydrogen-bond acceptors (Lipinski definition) is 3. The molecule has 1 aromatic carbocycles. The third kappa shape index (κ3) is 1.59. The van der Waals surface area contributed by atoms with Gasteiger partial charge < -0.3 is 5.32 Å². The predicted molar refractivity (Wildman–Crippen MR) is 67.5 cm³/mol. The van der Waals surface area contributed by atoms with Gasteiger partial charge in [-0.25, -0.2) is 0 Å². The van der Waals surface area contributed by atoms with Crippen molar-refractivity contribution >= 4 is 21.6 Å². The first-order chi connectivity index (χ1) is 8.09. The van der Waals surface area contributed by atoms with Crippen LogP contribution in [-0.4, -0.2) is 39.4 Å². The summed E-state index contributed by atoms with van der Waals surface area (Å²) < 4.78 is 26.9. The first kappa shape index (κ1) is 10.9. The van der Waals surface area contributed by atoms with Crippen molar-refractivity contribution in [3.8, 4) is 0 Å². The summed E-state index contributed by atoms with van der Waals surface area (Å²) in [5.41, 5.74) is 3.10. The highest BCUT2D eigenvalue weighted by Crippen LogP contribution is 2.30. The highest BCUT2D eigenvalue weighted by molar-refractivity contribution is 7.90. The molecule has 1 saturated heterocycles. The first-order valence-electron chi connectivity index (χ1n) is 5.70. The number of nitrogens with one attached hydrogen (secondary N) is 1. The van der Waals surface area contributed by atoms with Gasteiger partial charge in [-0.15, -0.1) is 0 Å². The Bertz CT molecular complexity index is 556. The van der Waals surface area contributed by atoms with Crippen LogP contribution < -0.4 is 9.62 Å². The number of rotatable bonds is 1.